The lowest BCUT2D eigenvalue weighted by Gasteiger charge is -2.32. The molecule has 0 amide bonds. The molecule has 0 spiro atoms. The quantitative estimate of drug-likeness (QED) is 0.900. The smallest absolute Gasteiger partial charge is 0.137 e. The third-order valence-corrected chi connectivity index (χ3v) is 4.54. The van der Waals surface area contributed by atoms with Crippen LogP contribution in [0.1, 0.15) is 37.8 Å². The monoisotopic (exact) mass is 296 g/mol. The Labute approximate surface area is 127 Å². The van der Waals surface area contributed by atoms with Crippen molar-refractivity contribution in [2.45, 2.75) is 38.3 Å². The van der Waals surface area contributed by atoms with E-state index >= 15 is 0 Å². The summed E-state index contributed by atoms with van der Waals surface area (Å²) >= 11 is 6.32. The first-order valence-electron chi connectivity index (χ1n) is 7.41. The Morgan fingerprint density at radius 3 is 2.90 bits per heavy atom. The van der Waals surface area contributed by atoms with Gasteiger partial charge in [0.2, 0.25) is 0 Å². The first-order valence-corrected chi connectivity index (χ1v) is 7.79. The largest absolute Gasteiger partial charge is 0.490 e. The highest BCUT2D eigenvalue weighted by Crippen LogP contribution is 2.28. The standard InChI is InChI=1S/C16H25ClN2O/c1-12(18-2)13-7-8-16(15(17)10-13)20-11-14-6-4-5-9-19(14)3/h7-8,10,12,14,18H,4-6,9,11H2,1-3H3. The van der Waals surface area contributed by atoms with Crippen molar-refractivity contribution in [1.29, 1.82) is 0 Å². The molecule has 2 unspecified atom stereocenters. The summed E-state index contributed by atoms with van der Waals surface area (Å²) in [6.07, 6.45) is 3.80. The van der Waals surface area contributed by atoms with Crippen LogP contribution in [-0.4, -0.2) is 38.2 Å². The van der Waals surface area contributed by atoms with Gasteiger partial charge >= 0.3 is 0 Å². The number of benzene rings is 1. The maximum Gasteiger partial charge on any atom is 0.137 e. The van der Waals surface area contributed by atoms with Gasteiger partial charge in [0.1, 0.15) is 12.4 Å². The van der Waals surface area contributed by atoms with E-state index in [-0.39, 0.29) is 0 Å². The first kappa shape index (κ1) is 15.6. The lowest BCUT2D eigenvalue weighted by atomic mass is 10.0. The van der Waals surface area contributed by atoms with Crippen LogP contribution in [0.25, 0.3) is 0 Å². The summed E-state index contributed by atoms with van der Waals surface area (Å²) in [5, 5.41) is 3.91. The van der Waals surface area contributed by atoms with Crippen LogP contribution < -0.4 is 10.1 Å². The molecular weight excluding hydrogens is 272 g/mol. The van der Waals surface area contributed by atoms with E-state index in [1.54, 1.807) is 0 Å². The molecule has 3 nitrogen and oxygen atoms in total. The Kier molecular flexibility index (Phi) is 5.70. The van der Waals surface area contributed by atoms with Crippen LogP contribution in [-0.2, 0) is 0 Å². The number of halogens is 1. The summed E-state index contributed by atoms with van der Waals surface area (Å²) in [7, 11) is 4.12. The fraction of sp³-hybridized carbons (Fsp3) is 0.625. The van der Waals surface area contributed by atoms with Gasteiger partial charge in [-0.2, -0.15) is 0 Å². The molecule has 0 radical (unpaired) electrons. The minimum atomic E-state index is 0.297. The molecule has 0 aliphatic carbocycles. The molecule has 1 aromatic carbocycles. The summed E-state index contributed by atoms with van der Waals surface area (Å²) in [6, 6.07) is 6.85. The second-order valence-corrected chi connectivity index (χ2v) is 6.05. The number of hydrogen-bond donors (Lipinski definition) is 1. The average Bonchev–Trinajstić information content (AvgIpc) is 2.46. The highest BCUT2D eigenvalue weighted by atomic mass is 35.5. The van der Waals surface area contributed by atoms with E-state index in [9.17, 15) is 0 Å². The predicted molar refractivity (Wildman–Crippen MR) is 84.7 cm³/mol. The molecule has 1 saturated heterocycles. The number of likely N-dealkylation sites (tertiary alicyclic amines) is 1. The van der Waals surface area contributed by atoms with Crippen LogP contribution in [0.4, 0.5) is 0 Å². The molecule has 4 heteroatoms. The molecule has 2 atom stereocenters. The summed E-state index contributed by atoms with van der Waals surface area (Å²) in [5.41, 5.74) is 1.18. The molecule has 1 heterocycles. The topological polar surface area (TPSA) is 24.5 Å². The van der Waals surface area contributed by atoms with Gasteiger partial charge in [0.05, 0.1) is 5.02 Å². The van der Waals surface area contributed by atoms with E-state index in [4.69, 9.17) is 16.3 Å². The number of nitrogens with one attached hydrogen (secondary N) is 1. The molecule has 0 aromatic heterocycles. The summed E-state index contributed by atoms with van der Waals surface area (Å²) in [5.74, 6) is 0.790. The highest BCUT2D eigenvalue weighted by Gasteiger charge is 2.19. The maximum atomic E-state index is 6.32. The van der Waals surface area contributed by atoms with Gasteiger partial charge in [-0.1, -0.05) is 24.1 Å². The molecule has 112 valence electrons. The maximum absolute atomic E-state index is 6.32. The number of ether oxygens (including phenoxy) is 1. The fourth-order valence-corrected chi connectivity index (χ4v) is 2.85. The molecule has 1 aliphatic heterocycles. The van der Waals surface area contributed by atoms with Crippen molar-refractivity contribution in [2.24, 2.45) is 0 Å². The van der Waals surface area contributed by atoms with Crippen LogP contribution >= 0.6 is 11.6 Å². The molecule has 0 bridgehead atoms. The van der Waals surface area contributed by atoms with E-state index in [2.05, 4.69) is 30.3 Å². The van der Waals surface area contributed by atoms with Crippen LogP contribution in [0.2, 0.25) is 5.02 Å². The average molecular weight is 297 g/mol. The Morgan fingerprint density at radius 1 is 1.45 bits per heavy atom. The zero-order valence-electron chi connectivity index (χ0n) is 12.7. The fourth-order valence-electron chi connectivity index (χ4n) is 2.61. The normalized spacial score (nSPS) is 21.7. The van der Waals surface area contributed by atoms with E-state index in [0.717, 1.165) is 12.4 Å². The van der Waals surface area contributed by atoms with Gasteiger partial charge in [0, 0.05) is 12.1 Å². The van der Waals surface area contributed by atoms with Gasteiger partial charge in [0.25, 0.3) is 0 Å². The Morgan fingerprint density at radius 2 is 2.25 bits per heavy atom. The molecule has 1 aliphatic rings. The Hall–Kier alpha value is -0.770. The molecule has 2 rings (SSSR count). The van der Waals surface area contributed by atoms with Crippen LogP contribution in [0.3, 0.4) is 0 Å². The van der Waals surface area contributed by atoms with Crippen molar-refractivity contribution in [1.82, 2.24) is 10.2 Å². The third-order valence-electron chi connectivity index (χ3n) is 4.24. The zero-order chi connectivity index (χ0) is 14.5. The van der Waals surface area contributed by atoms with Crippen LogP contribution in [0.15, 0.2) is 18.2 Å². The van der Waals surface area contributed by atoms with Crippen molar-refractivity contribution in [3.63, 3.8) is 0 Å². The van der Waals surface area contributed by atoms with Crippen molar-refractivity contribution in [3.05, 3.63) is 28.8 Å². The number of rotatable bonds is 5. The number of hydrogen-bond acceptors (Lipinski definition) is 3. The van der Waals surface area contributed by atoms with Crippen molar-refractivity contribution >= 4 is 11.6 Å². The number of piperidine rings is 1. The molecule has 1 N–H and O–H groups in total. The lowest BCUT2D eigenvalue weighted by molar-refractivity contribution is 0.125. The molecule has 1 aromatic rings. The Bertz CT molecular complexity index is 438. The molecule has 20 heavy (non-hydrogen) atoms. The van der Waals surface area contributed by atoms with Crippen molar-refractivity contribution < 1.29 is 4.74 Å². The van der Waals surface area contributed by atoms with E-state index in [1.807, 2.05) is 19.2 Å². The second-order valence-electron chi connectivity index (χ2n) is 5.64. The zero-order valence-corrected chi connectivity index (χ0v) is 13.4. The summed E-state index contributed by atoms with van der Waals surface area (Å²) in [6.45, 7) is 4.00. The predicted octanol–water partition coefficient (Wildman–Crippen LogP) is 3.48. The van der Waals surface area contributed by atoms with Gasteiger partial charge in [0.15, 0.2) is 0 Å². The van der Waals surface area contributed by atoms with Gasteiger partial charge in [-0.25, -0.2) is 0 Å². The summed E-state index contributed by atoms with van der Waals surface area (Å²) < 4.78 is 5.92. The minimum Gasteiger partial charge on any atom is -0.490 e. The molecule has 0 saturated carbocycles. The molecule has 1 fully saturated rings. The summed E-state index contributed by atoms with van der Waals surface area (Å²) in [4.78, 5) is 2.38. The molecular formula is C16H25ClN2O. The van der Waals surface area contributed by atoms with Gasteiger partial charge in [-0.15, -0.1) is 0 Å². The van der Waals surface area contributed by atoms with Gasteiger partial charge in [-0.05, 0) is 58.1 Å². The van der Waals surface area contributed by atoms with Crippen LogP contribution in [0.5, 0.6) is 5.75 Å². The van der Waals surface area contributed by atoms with Crippen LogP contribution in [0, 0.1) is 0 Å². The first-order chi connectivity index (χ1) is 9.61. The minimum absolute atomic E-state index is 0.297. The third kappa shape index (κ3) is 3.87. The van der Waals surface area contributed by atoms with E-state index in [0.29, 0.717) is 17.1 Å². The van der Waals surface area contributed by atoms with Crippen molar-refractivity contribution in [3.8, 4) is 5.75 Å². The highest BCUT2D eigenvalue weighted by molar-refractivity contribution is 6.32. The number of likely N-dealkylation sites (N-methyl/N-ethyl adjacent to an activating group) is 1. The van der Waals surface area contributed by atoms with Crippen molar-refractivity contribution in [2.75, 3.05) is 27.2 Å². The Balaban J connectivity index is 1.96. The lowest BCUT2D eigenvalue weighted by Crippen LogP contribution is -2.40. The van der Waals surface area contributed by atoms with E-state index < -0.39 is 0 Å². The SMILES string of the molecule is CNC(C)c1ccc(OCC2CCCCN2C)c(Cl)c1. The van der Waals surface area contributed by atoms with E-state index in [1.165, 1.54) is 31.4 Å². The van der Waals surface area contributed by atoms with Gasteiger partial charge in [-0.3, -0.25) is 0 Å². The number of nitrogens with zero attached hydrogens (tertiary/aromatic N) is 1. The second kappa shape index (κ2) is 7.30. The van der Waals surface area contributed by atoms with Gasteiger partial charge < -0.3 is 15.0 Å².